The van der Waals surface area contributed by atoms with E-state index in [1.165, 1.54) is 10.7 Å². The molecule has 0 spiro atoms. The van der Waals surface area contributed by atoms with E-state index in [1.807, 2.05) is 11.3 Å². The van der Waals surface area contributed by atoms with Crippen LogP contribution in [-0.4, -0.2) is 17.1 Å². The number of nitrogens with zero attached hydrogens (tertiary/aromatic N) is 1. The van der Waals surface area contributed by atoms with Gasteiger partial charge in [0.2, 0.25) is 0 Å². The fourth-order valence-corrected chi connectivity index (χ4v) is 3.07. The largest absolute Gasteiger partial charge is 0.312 e. The summed E-state index contributed by atoms with van der Waals surface area (Å²) in [5, 5.41) is 7.15. The molecule has 0 bridgehead atoms. The number of aromatic nitrogens is 1. The highest BCUT2D eigenvalue weighted by atomic mass is 32.1. The van der Waals surface area contributed by atoms with Crippen molar-refractivity contribution in [1.82, 2.24) is 10.3 Å². The van der Waals surface area contributed by atoms with Gasteiger partial charge in [0.25, 0.3) is 0 Å². The maximum atomic E-state index is 4.84. The third-order valence-electron chi connectivity index (χ3n) is 3.59. The van der Waals surface area contributed by atoms with Crippen LogP contribution >= 0.6 is 11.3 Å². The van der Waals surface area contributed by atoms with Gasteiger partial charge in [-0.25, -0.2) is 4.98 Å². The molecule has 20 heavy (non-hydrogen) atoms. The zero-order chi connectivity index (χ0) is 15.6. The molecule has 1 N–H and O–H groups in total. The third-order valence-corrected chi connectivity index (χ3v) is 4.47. The molecule has 1 aromatic heterocycles. The molecule has 1 aromatic rings. The molecular weight excluding hydrogens is 264 g/mol. The summed E-state index contributed by atoms with van der Waals surface area (Å²) in [6.45, 7) is 19.1. The van der Waals surface area contributed by atoms with E-state index in [9.17, 15) is 0 Å². The van der Waals surface area contributed by atoms with Gasteiger partial charge in [-0.1, -0.05) is 34.6 Å². The highest BCUT2D eigenvalue weighted by molar-refractivity contribution is 7.09. The Balaban J connectivity index is 2.69. The Morgan fingerprint density at radius 1 is 1.15 bits per heavy atom. The van der Waals surface area contributed by atoms with E-state index >= 15 is 0 Å². The molecule has 1 heterocycles. The lowest BCUT2D eigenvalue weighted by atomic mass is 9.91. The SMILES string of the molecule is CC(C)C(CNC(C)(C)C)Cc1nc(C(C)(C)C)cs1. The van der Waals surface area contributed by atoms with Crippen LogP contribution in [0.1, 0.15) is 66.1 Å². The van der Waals surface area contributed by atoms with Gasteiger partial charge in [0, 0.05) is 22.8 Å². The maximum absolute atomic E-state index is 4.84. The molecule has 1 atom stereocenters. The van der Waals surface area contributed by atoms with Crippen LogP contribution in [0.3, 0.4) is 0 Å². The quantitative estimate of drug-likeness (QED) is 0.856. The Kier molecular flexibility index (Phi) is 5.79. The smallest absolute Gasteiger partial charge is 0.0931 e. The fourth-order valence-electron chi connectivity index (χ4n) is 1.95. The summed E-state index contributed by atoms with van der Waals surface area (Å²) in [4.78, 5) is 4.84. The Morgan fingerprint density at radius 2 is 1.75 bits per heavy atom. The Morgan fingerprint density at radius 3 is 2.15 bits per heavy atom. The molecule has 0 aliphatic rings. The van der Waals surface area contributed by atoms with Crippen molar-refractivity contribution in [2.45, 2.75) is 72.8 Å². The van der Waals surface area contributed by atoms with E-state index in [-0.39, 0.29) is 11.0 Å². The topological polar surface area (TPSA) is 24.9 Å². The van der Waals surface area contributed by atoms with E-state index in [2.05, 4.69) is 66.1 Å². The van der Waals surface area contributed by atoms with Gasteiger partial charge in [0.05, 0.1) is 10.7 Å². The molecule has 0 aromatic carbocycles. The van der Waals surface area contributed by atoms with Crippen LogP contribution < -0.4 is 5.32 Å². The van der Waals surface area contributed by atoms with Crippen molar-refractivity contribution in [1.29, 1.82) is 0 Å². The van der Waals surface area contributed by atoms with Crippen LogP contribution in [0.25, 0.3) is 0 Å². The van der Waals surface area contributed by atoms with Crippen molar-refractivity contribution in [2.75, 3.05) is 6.54 Å². The van der Waals surface area contributed by atoms with Crippen LogP contribution in [0, 0.1) is 11.8 Å². The standard InChI is InChI=1S/C17H32N2S/c1-12(2)13(10-18-17(6,7)8)9-15-19-14(11-20-15)16(3,4)5/h11-13,18H,9-10H2,1-8H3. The number of nitrogens with one attached hydrogen (secondary N) is 1. The van der Waals surface area contributed by atoms with Gasteiger partial charge in [0.1, 0.15) is 0 Å². The average Bonchev–Trinajstić information content (AvgIpc) is 2.70. The first-order valence-corrected chi connectivity index (χ1v) is 8.57. The normalized spacial score (nSPS) is 14.8. The summed E-state index contributed by atoms with van der Waals surface area (Å²) in [5.41, 5.74) is 1.57. The molecular formula is C17H32N2S. The van der Waals surface area contributed by atoms with Crippen molar-refractivity contribution >= 4 is 11.3 Å². The monoisotopic (exact) mass is 296 g/mol. The second kappa shape index (κ2) is 6.57. The molecule has 0 radical (unpaired) electrons. The number of hydrogen-bond donors (Lipinski definition) is 1. The van der Waals surface area contributed by atoms with Gasteiger partial charge < -0.3 is 5.32 Å². The minimum atomic E-state index is 0.158. The summed E-state index contributed by atoms with van der Waals surface area (Å²) in [5.74, 6) is 1.32. The van der Waals surface area contributed by atoms with Crippen LogP contribution in [0.2, 0.25) is 0 Å². The molecule has 0 aliphatic heterocycles. The van der Waals surface area contributed by atoms with Gasteiger partial charge in [-0.2, -0.15) is 0 Å². The highest BCUT2D eigenvalue weighted by Gasteiger charge is 2.21. The number of thiazole rings is 1. The minimum absolute atomic E-state index is 0.158. The number of hydrogen-bond acceptors (Lipinski definition) is 3. The predicted octanol–water partition coefficient (Wildman–Crippen LogP) is 4.64. The van der Waals surface area contributed by atoms with Crippen molar-refractivity contribution in [3.05, 3.63) is 16.1 Å². The second-order valence-corrected chi connectivity index (χ2v) is 9.16. The van der Waals surface area contributed by atoms with Gasteiger partial charge in [0.15, 0.2) is 0 Å². The van der Waals surface area contributed by atoms with Crippen molar-refractivity contribution < 1.29 is 0 Å². The van der Waals surface area contributed by atoms with Gasteiger partial charge >= 0.3 is 0 Å². The van der Waals surface area contributed by atoms with Crippen molar-refractivity contribution in [3.63, 3.8) is 0 Å². The lowest BCUT2D eigenvalue weighted by molar-refractivity contribution is 0.312. The summed E-state index contributed by atoms with van der Waals surface area (Å²) in [6, 6.07) is 0. The fraction of sp³-hybridized carbons (Fsp3) is 0.824. The van der Waals surface area contributed by atoms with E-state index in [4.69, 9.17) is 4.98 Å². The summed E-state index contributed by atoms with van der Waals surface area (Å²) in [6.07, 6.45) is 1.08. The highest BCUT2D eigenvalue weighted by Crippen LogP contribution is 2.26. The molecule has 0 saturated heterocycles. The van der Waals surface area contributed by atoms with Crippen LogP contribution in [-0.2, 0) is 11.8 Å². The predicted molar refractivity (Wildman–Crippen MR) is 90.6 cm³/mol. The maximum Gasteiger partial charge on any atom is 0.0931 e. The van der Waals surface area contributed by atoms with Crippen LogP contribution in [0.4, 0.5) is 0 Å². The summed E-state index contributed by atoms with van der Waals surface area (Å²) >= 11 is 1.82. The van der Waals surface area contributed by atoms with Crippen molar-refractivity contribution in [3.8, 4) is 0 Å². The Bertz CT molecular complexity index is 407. The molecule has 3 heteroatoms. The summed E-state index contributed by atoms with van der Waals surface area (Å²) < 4.78 is 0. The Hall–Kier alpha value is -0.410. The molecule has 116 valence electrons. The first-order valence-electron chi connectivity index (χ1n) is 7.69. The Labute approximate surface area is 129 Å². The molecule has 0 saturated carbocycles. The first kappa shape index (κ1) is 17.6. The third kappa shape index (κ3) is 5.92. The zero-order valence-corrected chi connectivity index (χ0v) is 15.3. The van der Waals surface area contributed by atoms with Gasteiger partial charge in [-0.05, 0) is 39.2 Å². The van der Waals surface area contributed by atoms with E-state index in [0.717, 1.165) is 13.0 Å². The van der Waals surface area contributed by atoms with E-state index in [1.54, 1.807) is 0 Å². The minimum Gasteiger partial charge on any atom is -0.312 e. The molecule has 0 aliphatic carbocycles. The number of rotatable bonds is 5. The van der Waals surface area contributed by atoms with Crippen LogP contribution in [0.5, 0.6) is 0 Å². The molecule has 1 unspecified atom stereocenters. The van der Waals surface area contributed by atoms with E-state index < -0.39 is 0 Å². The lowest BCUT2D eigenvalue weighted by Gasteiger charge is -2.27. The second-order valence-electron chi connectivity index (χ2n) is 8.22. The average molecular weight is 297 g/mol. The van der Waals surface area contributed by atoms with Crippen molar-refractivity contribution in [2.24, 2.45) is 11.8 Å². The van der Waals surface area contributed by atoms with Gasteiger partial charge in [-0.15, -0.1) is 11.3 Å². The zero-order valence-electron chi connectivity index (χ0n) is 14.5. The van der Waals surface area contributed by atoms with E-state index in [0.29, 0.717) is 11.8 Å². The first-order chi connectivity index (χ1) is 8.99. The summed E-state index contributed by atoms with van der Waals surface area (Å²) in [7, 11) is 0. The molecule has 1 rings (SSSR count). The molecule has 2 nitrogen and oxygen atoms in total. The molecule has 0 amide bonds. The van der Waals surface area contributed by atoms with Crippen LogP contribution in [0.15, 0.2) is 5.38 Å². The molecule has 0 fully saturated rings. The lowest BCUT2D eigenvalue weighted by Crippen LogP contribution is -2.40. The van der Waals surface area contributed by atoms with Gasteiger partial charge in [-0.3, -0.25) is 0 Å².